The van der Waals surface area contributed by atoms with Crippen molar-refractivity contribution in [3.8, 4) is 23.7 Å². The number of carboxylic acids is 2. The summed E-state index contributed by atoms with van der Waals surface area (Å²) in [5.41, 5.74) is 6.11. The molecule has 0 aliphatic rings. The topological polar surface area (TPSA) is 81.1 Å². The standard InChI is InChI=1S/C24H26FNO2.C23H24FNO2/c1-24(2,3)20-13-10-18(11-14-20)9-12-19(15-16-26(4)17-23(27)28)21-7-5-6-8-22(21)25;1-17(2)19-11-8-18(9-12-19)10-13-20(14-15-25(3)16-23(26)27)21-6-4-5-7-22(21)24/h5-8,10-11,13-15H,16-17H2,1-4H3,(H,27,28);4-9,11-12,14,17H,15-16H2,1-3H3,(H,26,27). The predicted molar refractivity (Wildman–Crippen MR) is 218 cm³/mol. The zero-order chi connectivity index (χ0) is 40.5. The average Bonchev–Trinajstić information content (AvgIpc) is 3.12. The number of hydrogen-bond donors (Lipinski definition) is 2. The molecule has 0 radical (unpaired) electrons. The van der Waals surface area contributed by atoms with Gasteiger partial charge in [-0.2, -0.15) is 0 Å². The van der Waals surface area contributed by atoms with Gasteiger partial charge in [0, 0.05) is 46.5 Å². The van der Waals surface area contributed by atoms with Crippen molar-refractivity contribution < 1.29 is 28.6 Å². The largest absolute Gasteiger partial charge is 0.480 e. The zero-order valence-electron chi connectivity index (χ0n) is 32.7. The second-order valence-electron chi connectivity index (χ2n) is 14.5. The van der Waals surface area contributed by atoms with E-state index in [9.17, 15) is 18.4 Å². The van der Waals surface area contributed by atoms with Crippen molar-refractivity contribution >= 4 is 23.1 Å². The second-order valence-corrected chi connectivity index (χ2v) is 14.5. The molecule has 6 nitrogen and oxygen atoms in total. The number of halogens is 2. The number of carboxylic acid groups (broad SMARTS) is 2. The molecule has 0 unspecified atom stereocenters. The van der Waals surface area contributed by atoms with Crippen LogP contribution >= 0.6 is 0 Å². The van der Waals surface area contributed by atoms with Crippen LogP contribution < -0.4 is 0 Å². The summed E-state index contributed by atoms with van der Waals surface area (Å²) in [6, 6.07) is 28.9. The van der Waals surface area contributed by atoms with Gasteiger partial charge >= 0.3 is 11.9 Å². The summed E-state index contributed by atoms with van der Waals surface area (Å²) in [6.07, 6.45) is 3.52. The highest BCUT2D eigenvalue weighted by atomic mass is 19.1. The third kappa shape index (κ3) is 15.2. The van der Waals surface area contributed by atoms with Gasteiger partial charge in [0.05, 0.1) is 13.1 Å². The molecule has 4 aromatic carbocycles. The highest BCUT2D eigenvalue weighted by Crippen LogP contribution is 2.23. The highest BCUT2D eigenvalue weighted by Gasteiger charge is 2.13. The Kier molecular flexibility index (Phi) is 16.8. The Balaban J connectivity index is 0.000000296. The molecular formula is C47H50F2N2O4. The molecule has 286 valence electrons. The van der Waals surface area contributed by atoms with E-state index in [0.29, 0.717) is 41.3 Å². The van der Waals surface area contributed by atoms with Crippen LogP contribution in [0.4, 0.5) is 8.78 Å². The fourth-order valence-corrected chi connectivity index (χ4v) is 5.18. The Bertz CT molecular complexity index is 2090. The van der Waals surface area contributed by atoms with E-state index >= 15 is 0 Å². The molecule has 0 fully saturated rings. The summed E-state index contributed by atoms with van der Waals surface area (Å²) in [6.45, 7) is 11.3. The lowest BCUT2D eigenvalue weighted by molar-refractivity contribution is -0.138. The molecule has 2 N–H and O–H groups in total. The van der Waals surface area contributed by atoms with Crippen molar-refractivity contribution in [2.75, 3.05) is 40.3 Å². The van der Waals surface area contributed by atoms with Gasteiger partial charge in [0.15, 0.2) is 0 Å². The summed E-state index contributed by atoms with van der Waals surface area (Å²) in [5.74, 6) is 10.2. The number of allylic oxidation sites excluding steroid dienone is 2. The average molecular weight is 745 g/mol. The summed E-state index contributed by atoms with van der Waals surface area (Å²) in [5, 5.41) is 17.8. The van der Waals surface area contributed by atoms with E-state index in [1.54, 1.807) is 72.4 Å². The van der Waals surface area contributed by atoms with E-state index in [4.69, 9.17) is 10.2 Å². The summed E-state index contributed by atoms with van der Waals surface area (Å²) >= 11 is 0. The molecule has 0 amide bonds. The van der Waals surface area contributed by atoms with Crippen LogP contribution in [0.25, 0.3) is 11.1 Å². The van der Waals surface area contributed by atoms with E-state index in [1.807, 2.05) is 36.4 Å². The molecule has 0 saturated heterocycles. The van der Waals surface area contributed by atoms with Gasteiger partial charge in [-0.3, -0.25) is 19.4 Å². The van der Waals surface area contributed by atoms with Gasteiger partial charge in [-0.25, -0.2) is 8.78 Å². The highest BCUT2D eigenvalue weighted by molar-refractivity contribution is 5.81. The fraction of sp³-hybridized carbons (Fsp3) is 0.277. The molecule has 0 aliphatic heterocycles. The van der Waals surface area contributed by atoms with Crippen molar-refractivity contribution in [1.82, 2.24) is 9.80 Å². The van der Waals surface area contributed by atoms with Gasteiger partial charge in [0.25, 0.3) is 0 Å². The maximum Gasteiger partial charge on any atom is 0.317 e. The Hall–Kier alpha value is -5.80. The lowest BCUT2D eigenvalue weighted by Gasteiger charge is -2.18. The van der Waals surface area contributed by atoms with Gasteiger partial charge in [-0.05, 0) is 73.0 Å². The number of aliphatic carboxylic acids is 2. The van der Waals surface area contributed by atoms with E-state index < -0.39 is 11.9 Å². The van der Waals surface area contributed by atoms with Crippen molar-refractivity contribution in [3.63, 3.8) is 0 Å². The van der Waals surface area contributed by atoms with Gasteiger partial charge in [-0.1, -0.05) is 131 Å². The Labute approximate surface area is 324 Å². The van der Waals surface area contributed by atoms with E-state index in [1.165, 1.54) is 23.3 Å². The van der Waals surface area contributed by atoms with Crippen molar-refractivity contribution in [2.24, 2.45) is 0 Å². The third-order valence-corrected chi connectivity index (χ3v) is 8.36. The first-order valence-corrected chi connectivity index (χ1v) is 18.0. The number of benzene rings is 4. The minimum Gasteiger partial charge on any atom is -0.480 e. The van der Waals surface area contributed by atoms with Crippen LogP contribution in [0.3, 0.4) is 0 Å². The van der Waals surface area contributed by atoms with Crippen molar-refractivity contribution in [1.29, 1.82) is 0 Å². The van der Waals surface area contributed by atoms with Crippen molar-refractivity contribution in [2.45, 2.75) is 46.0 Å². The van der Waals surface area contributed by atoms with E-state index in [-0.39, 0.29) is 30.1 Å². The van der Waals surface area contributed by atoms with E-state index in [0.717, 1.165) is 11.1 Å². The molecule has 55 heavy (non-hydrogen) atoms. The first-order valence-electron chi connectivity index (χ1n) is 18.0. The first kappa shape index (κ1) is 43.6. The van der Waals surface area contributed by atoms with Crippen LogP contribution in [0, 0.1) is 35.3 Å². The molecular weight excluding hydrogens is 695 g/mol. The smallest absolute Gasteiger partial charge is 0.317 e. The van der Waals surface area contributed by atoms with Crippen LogP contribution in [-0.2, 0) is 15.0 Å². The number of likely N-dealkylation sites (N-methyl/N-ethyl adjacent to an activating group) is 2. The number of nitrogens with zero attached hydrogens (tertiary/aromatic N) is 2. The van der Waals surface area contributed by atoms with Gasteiger partial charge < -0.3 is 10.2 Å². The fourth-order valence-electron chi connectivity index (χ4n) is 5.18. The number of rotatable bonds is 11. The Morgan fingerprint density at radius 3 is 1.38 bits per heavy atom. The maximum atomic E-state index is 14.3. The lowest BCUT2D eigenvalue weighted by atomic mass is 9.87. The molecule has 0 aliphatic carbocycles. The van der Waals surface area contributed by atoms with Crippen LogP contribution in [0.15, 0.2) is 109 Å². The van der Waals surface area contributed by atoms with Crippen LogP contribution in [-0.4, -0.2) is 72.2 Å². The lowest BCUT2D eigenvalue weighted by Crippen LogP contribution is -2.25. The minimum absolute atomic E-state index is 0.0684. The van der Waals surface area contributed by atoms with Gasteiger partial charge in [0.2, 0.25) is 0 Å². The quantitative estimate of drug-likeness (QED) is 0.149. The third-order valence-electron chi connectivity index (χ3n) is 8.36. The molecule has 0 saturated carbocycles. The molecule has 4 rings (SSSR count). The van der Waals surface area contributed by atoms with Gasteiger partial charge in [0.1, 0.15) is 11.6 Å². The predicted octanol–water partition coefficient (Wildman–Crippen LogP) is 8.98. The Morgan fingerprint density at radius 1 is 0.655 bits per heavy atom. The first-order chi connectivity index (χ1) is 26.0. The molecule has 0 aromatic heterocycles. The minimum atomic E-state index is -0.909. The molecule has 0 bridgehead atoms. The van der Waals surface area contributed by atoms with Crippen LogP contribution in [0.2, 0.25) is 0 Å². The van der Waals surface area contributed by atoms with Gasteiger partial charge in [-0.15, -0.1) is 0 Å². The summed E-state index contributed by atoms with van der Waals surface area (Å²) < 4.78 is 28.5. The monoisotopic (exact) mass is 744 g/mol. The SMILES string of the molecule is CC(C)c1ccc(C#CC(=CCN(C)CC(=O)O)c2ccccc2F)cc1.CN(CC=C(C#Cc1ccc(C(C)(C)C)cc1)c1ccccc1F)CC(=O)O. The number of carbonyl (C=O) groups is 2. The molecule has 0 spiro atoms. The van der Waals surface area contributed by atoms with Crippen LogP contribution in [0.1, 0.15) is 73.9 Å². The molecule has 4 aromatic rings. The molecule has 8 heteroatoms. The summed E-state index contributed by atoms with van der Waals surface area (Å²) in [7, 11) is 3.39. The van der Waals surface area contributed by atoms with Crippen LogP contribution in [0.5, 0.6) is 0 Å². The maximum absolute atomic E-state index is 14.3. The molecule has 0 heterocycles. The zero-order valence-corrected chi connectivity index (χ0v) is 32.7. The summed E-state index contributed by atoms with van der Waals surface area (Å²) in [4.78, 5) is 24.9. The second kappa shape index (κ2) is 21.2. The Morgan fingerprint density at radius 2 is 1.04 bits per heavy atom. The molecule has 0 atom stereocenters. The number of hydrogen-bond acceptors (Lipinski definition) is 4. The normalized spacial score (nSPS) is 11.6. The van der Waals surface area contributed by atoms with Crippen molar-refractivity contribution in [3.05, 3.63) is 154 Å². The van der Waals surface area contributed by atoms with E-state index in [2.05, 4.69) is 70.4 Å².